The van der Waals surface area contributed by atoms with Crippen LogP contribution in [0, 0.1) is 19.7 Å². The van der Waals surface area contributed by atoms with Gasteiger partial charge in [-0.15, -0.1) is 11.3 Å². The number of anilines is 1. The van der Waals surface area contributed by atoms with Gasteiger partial charge in [0.05, 0.1) is 5.69 Å². The predicted octanol–water partition coefficient (Wildman–Crippen LogP) is 4.12. The quantitative estimate of drug-likeness (QED) is 0.844. The van der Waals surface area contributed by atoms with Crippen molar-refractivity contribution < 1.29 is 4.39 Å². The van der Waals surface area contributed by atoms with Gasteiger partial charge in [0.2, 0.25) is 0 Å². The number of nitrogens with one attached hydrogen (secondary N) is 1. The Balaban J connectivity index is 2.08. The number of rotatable bonds is 3. The number of aryl methyl sites for hydroxylation is 2. The Morgan fingerprint density at radius 1 is 1.25 bits per heavy atom. The molecule has 2 rings (SSSR count). The molecule has 0 atom stereocenters. The van der Waals surface area contributed by atoms with Gasteiger partial charge in [-0.3, -0.25) is 0 Å². The van der Waals surface area contributed by atoms with Crippen LogP contribution < -0.4 is 5.32 Å². The summed E-state index contributed by atoms with van der Waals surface area (Å²) >= 11 is 1.69. The monoisotopic (exact) mass is 235 g/mol. The highest BCUT2D eigenvalue weighted by atomic mass is 32.1. The van der Waals surface area contributed by atoms with E-state index in [-0.39, 0.29) is 5.82 Å². The largest absolute Gasteiger partial charge is 0.378 e. The van der Waals surface area contributed by atoms with Crippen LogP contribution in [0.1, 0.15) is 16.0 Å². The van der Waals surface area contributed by atoms with Crippen molar-refractivity contribution in [2.24, 2.45) is 0 Å². The van der Waals surface area contributed by atoms with Crippen molar-refractivity contribution in [3.63, 3.8) is 0 Å². The molecule has 0 saturated carbocycles. The number of thiophene rings is 1. The minimum atomic E-state index is -0.186. The van der Waals surface area contributed by atoms with Crippen LogP contribution in [0.3, 0.4) is 0 Å². The van der Waals surface area contributed by atoms with Gasteiger partial charge in [0.25, 0.3) is 0 Å². The number of hydrogen-bond donors (Lipinski definition) is 1. The molecule has 1 N–H and O–H groups in total. The van der Waals surface area contributed by atoms with E-state index in [9.17, 15) is 4.39 Å². The molecule has 0 saturated heterocycles. The van der Waals surface area contributed by atoms with Gasteiger partial charge >= 0.3 is 0 Å². The maximum absolute atomic E-state index is 13.5. The molecule has 0 radical (unpaired) electrons. The normalized spacial score (nSPS) is 10.4. The molecule has 0 bridgehead atoms. The van der Waals surface area contributed by atoms with E-state index >= 15 is 0 Å². The Labute approximate surface area is 98.9 Å². The second-order valence-corrected chi connectivity index (χ2v) is 4.86. The molecule has 1 aromatic carbocycles. The lowest BCUT2D eigenvalue weighted by atomic mass is 10.2. The van der Waals surface area contributed by atoms with Crippen molar-refractivity contribution in [3.8, 4) is 0 Å². The van der Waals surface area contributed by atoms with Crippen molar-refractivity contribution in [1.29, 1.82) is 0 Å². The molecule has 0 aliphatic carbocycles. The van der Waals surface area contributed by atoms with Gasteiger partial charge in [-0.1, -0.05) is 6.07 Å². The van der Waals surface area contributed by atoms with E-state index < -0.39 is 0 Å². The maximum atomic E-state index is 13.5. The summed E-state index contributed by atoms with van der Waals surface area (Å²) in [5.74, 6) is -0.186. The second-order valence-electron chi connectivity index (χ2n) is 3.86. The van der Waals surface area contributed by atoms with Crippen LogP contribution in [0.4, 0.5) is 10.1 Å². The molecule has 16 heavy (non-hydrogen) atoms. The first-order chi connectivity index (χ1) is 7.66. The molecule has 0 amide bonds. The molecule has 3 heteroatoms. The molecule has 0 unspecified atom stereocenters. The van der Waals surface area contributed by atoms with Crippen molar-refractivity contribution in [1.82, 2.24) is 0 Å². The summed E-state index contributed by atoms with van der Waals surface area (Å²) in [6.07, 6.45) is 0. The first-order valence-electron chi connectivity index (χ1n) is 5.20. The fourth-order valence-electron chi connectivity index (χ4n) is 1.52. The highest BCUT2D eigenvalue weighted by Gasteiger charge is 2.03. The van der Waals surface area contributed by atoms with Gasteiger partial charge in [0, 0.05) is 11.4 Å². The van der Waals surface area contributed by atoms with E-state index in [0.29, 0.717) is 12.2 Å². The lowest BCUT2D eigenvalue weighted by Gasteiger charge is -2.07. The zero-order chi connectivity index (χ0) is 11.5. The summed E-state index contributed by atoms with van der Waals surface area (Å²) in [6.45, 7) is 4.64. The minimum Gasteiger partial charge on any atom is -0.378 e. The second kappa shape index (κ2) is 4.66. The third-order valence-electron chi connectivity index (χ3n) is 2.53. The van der Waals surface area contributed by atoms with Crippen LogP contribution in [0.15, 0.2) is 29.6 Å². The van der Waals surface area contributed by atoms with E-state index in [0.717, 1.165) is 5.56 Å². The number of benzene rings is 1. The van der Waals surface area contributed by atoms with Crippen molar-refractivity contribution in [2.75, 3.05) is 5.32 Å². The molecule has 0 aliphatic heterocycles. The van der Waals surface area contributed by atoms with Crippen molar-refractivity contribution >= 4 is 17.0 Å². The zero-order valence-corrected chi connectivity index (χ0v) is 10.2. The number of hydrogen-bond acceptors (Lipinski definition) is 2. The van der Waals surface area contributed by atoms with Crippen LogP contribution in [-0.4, -0.2) is 0 Å². The molecule has 2 aromatic rings. The summed E-state index contributed by atoms with van der Waals surface area (Å²) < 4.78 is 13.5. The van der Waals surface area contributed by atoms with E-state index in [1.54, 1.807) is 23.5 Å². The van der Waals surface area contributed by atoms with Gasteiger partial charge in [0.1, 0.15) is 5.82 Å². The van der Waals surface area contributed by atoms with Crippen LogP contribution in [0.5, 0.6) is 0 Å². The van der Waals surface area contributed by atoms with Crippen LogP contribution in [0.2, 0.25) is 0 Å². The summed E-state index contributed by atoms with van der Waals surface area (Å²) in [5, 5.41) is 5.17. The Morgan fingerprint density at radius 2 is 2.06 bits per heavy atom. The molecular formula is C13H14FNS. The first kappa shape index (κ1) is 11.1. The van der Waals surface area contributed by atoms with Gasteiger partial charge in [-0.2, -0.15) is 0 Å². The average Bonchev–Trinajstić information content (AvgIpc) is 2.63. The average molecular weight is 235 g/mol. The van der Waals surface area contributed by atoms with Crippen LogP contribution in [-0.2, 0) is 6.54 Å². The summed E-state index contributed by atoms with van der Waals surface area (Å²) in [4.78, 5) is 1.25. The van der Waals surface area contributed by atoms with Gasteiger partial charge in [0.15, 0.2) is 0 Å². The van der Waals surface area contributed by atoms with Gasteiger partial charge in [-0.25, -0.2) is 4.39 Å². The lowest BCUT2D eigenvalue weighted by molar-refractivity contribution is 0.629. The summed E-state index contributed by atoms with van der Waals surface area (Å²) in [6, 6.07) is 7.32. The molecule has 1 nitrogen and oxygen atoms in total. The summed E-state index contributed by atoms with van der Waals surface area (Å²) in [7, 11) is 0. The SMILES string of the molecule is Cc1ccc(NCc2sccc2C)c(F)c1. The smallest absolute Gasteiger partial charge is 0.146 e. The third-order valence-corrected chi connectivity index (χ3v) is 3.56. The van der Waals surface area contributed by atoms with Crippen molar-refractivity contribution in [3.05, 3.63) is 51.5 Å². The first-order valence-corrected chi connectivity index (χ1v) is 6.08. The fraction of sp³-hybridized carbons (Fsp3) is 0.231. The molecule has 1 aromatic heterocycles. The standard InChI is InChI=1S/C13H14FNS/c1-9-3-4-12(11(14)7-9)15-8-13-10(2)5-6-16-13/h3-7,15H,8H2,1-2H3. The summed E-state index contributed by atoms with van der Waals surface area (Å²) in [5.41, 5.74) is 2.76. The molecule has 1 heterocycles. The maximum Gasteiger partial charge on any atom is 0.146 e. The van der Waals surface area contributed by atoms with E-state index in [4.69, 9.17) is 0 Å². The van der Waals surface area contributed by atoms with Crippen LogP contribution >= 0.6 is 11.3 Å². The topological polar surface area (TPSA) is 12.0 Å². The van der Waals surface area contributed by atoms with Gasteiger partial charge in [-0.05, 0) is 48.6 Å². The Bertz CT molecular complexity index is 490. The van der Waals surface area contributed by atoms with E-state index in [2.05, 4.69) is 23.7 Å². The molecule has 84 valence electrons. The Kier molecular flexibility index (Phi) is 3.25. The van der Waals surface area contributed by atoms with E-state index in [1.807, 2.05) is 13.0 Å². The highest BCUT2D eigenvalue weighted by molar-refractivity contribution is 7.10. The molecular weight excluding hydrogens is 221 g/mol. The highest BCUT2D eigenvalue weighted by Crippen LogP contribution is 2.20. The van der Waals surface area contributed by atoms with Crippen molar-refractivity contribution in [2.45, 2.75) is 20.4 Å². The van der Waals surface area contributed by atoms with E-state index in [1.165, 1.54) is 10.4 Å². The van der Waals surface area contributed by atoms with Crippen LogP contribution in [0.25, 0.3) is 0 Å². The zero-order valence-electron chi connectivity index (χ0n) is 9.38. The Hall–Kier alpha value is -1.35. The Morgan fingerprint density at radius 3 is 2.69 bits per heavy atom. The van der Waals surface area contributed by atoms with Gasteiger partial charge < -0.3 is 5.32 Å². The minimum absolute atomic E-state index is 0.186. The number of halogens is 1. The third kappa shape index (κ3) is 2.42. The lowest BCUT2D eigenvalue weighted by Crippen LogP contribution is -2.01. The molecule has 0 fully saturated rings. The molecule has 0 aliphatic rings. The fourth-order valence-corrected chi connectivity index (χ4v) is 2.37. The molecule has 0 spiro atoms. The predicted molar refractivity (Wildman–Crippen MR) is 67.5 cm³/mol.